The zero-order chi connectivity index (χ0) is 14.5. The zero-order valence-electron chi connectivity index (χ0n) is 12.7. The van der Waals surface area contributed by atoms with E-state index in [1.807, 2.05) is 0 Å². The van der Waals surface area contributed by atoms with E-state index in [2.05, 4.69) is 10.2 Å². The summed E-state index contributed by atoms with van der Waals surface area (Å²) in [6, 6.07) is 0. The van der Waals surface area contributed by atoms with E-state index in [4.69, 9.17) is 10.5 Å². The molecule has 0 spiro atoms. The lowest BCUT2D eigenvalue weighted by atomic mass is 10.1. The molecule has 1 fully saturated rings. The van der Waals surface area contributed by atoms with E-state index in [9.17, 15) is 4.79 Å². The molecule has 1 heterocycles. The maximum absolute atomic E-state index is 11.5. The number of carbonyl (C=O) groups excluding carboxylic acids is 1. The smallest absolute Gasteiger partial charge is 0.220 e. The molecule has 0 radical (unpaired) electrons. The van der Waals surface area contributed by atoms with Crippen molar-refractivity contribution < 1.29 is 9.53 Å². The Morgan fingerprint density at radius 2 is 1.90 bits per heavy atom. The number of nitrogens with zero attached hydrogens (tertiary/aromatic N) is 1. The number of hydrogen-bond donors (Lipinski definition) is 2. The Kier molecular flexibility index (Phi) is 10.5. The van der Waals surface area contributed by atoms with Crippen LogP contribution in [0, 0.1) is 0 Å². The fraction of sp³-hybridized carbons (Fsp3) is 0.933. The van der Waals surface area contributed by atoms with Gasteiger partial charge in [-0.25, -0.2) is 0 Å². The first-order chi connectivity index (χ1) is 9.83. The molecule has 1 aliphatic rings. The van der Waals surface area contributed by atoms with Crippen LogP contribution in [0.5, 0.6) is 0 Å². The van der Waals surface area contributed by atoms with Gasteiger partial charge in [0.2, 0.25) is 5.91 Å². The number of likely N-dealkylation sites (tertiary alicyclic amines) is 1. The van der Waals surface area contributed by atoms with E-state index in [-0.39, 0.29) is 5.91 Å². The standard InChI is InChI=1S/C15H31N3O2/c16-8-4-1-3-7-15(19)17-9-13-20-14-12-18-10-5-2-6-11-18/h1-14,16H2,(H,17,19). The molecule has 0 aromatic rings. The van der Waals surface area contributed by atoms with Crippen molar-refractivity contribution in [2.75, 3.05) is 45.9 Å². The van der Waals surface area contributed by atoms with Gasteiger partial charge < -0.3 is 20.7 Å². The van der Waals surface area contributed by atoms with Crippen molar-refractivity contribution in [3.8, 4) is 0 Å². The number of carbonyl (C=O) groups is 1. The lowest BCUT2D eigenvalue weighted by Crippen LogP contribution is -2.33. The SMILES string of the molecule is NCCCCCC(=O)NCCOCCN1CCCCC1. The van der Waals surface area contributed by atoms with E-state index in [1.165, 1.54) is 32.4 Å². The lowest BCUT2D eigenvalue weighted by molar-refractivity contribution is -0.121. The molecule has 5 heteroatoms. The van der Waals surface area contributed by atoms with Gasteiger partial charge in [-0.1, -0.05) is 12.8 Å². The molecule has 0 unspecified atom stereocenters. The Hall–Kier alpha value is -0.650. The second-order valence-electron chi connectivity index (χ2n) is 5.46. The summed E-state index contributed by atoms with van der Waals surface area (Å²) < 4.78 is 5.56. The molecule has 1 rings (SSSR count). The van der Waals surface area contributed by atoms with Crippen molar-refractivity contribution in [2.24, 2.45) is 5.73 Å². The van der Waals surface area contributed by atoms with Crippen molar-refractivity contribution in [2.45, 2.75) is 44.9 Å². The first-order valence-corrected chi connectivity index (χ1v) is 8.10. The summed E-state index contributed by atoms with van der Waals surface area (Å²) in [4.78, 5) is 13.9. The number of nitrogens with two attached hydrogens (primary N) is 1. The monoisotopic (exact) mass is 285 g/mol. The number of rotatable bonds is 11. The predicted octanol–water partition coefficient (Wildman–Crippen LogP) is 1.12. The van der Waals surface area contributed by atoms with E-state index in [0.717, 1.165) is 32.4 Å². The molecule has 0 atom stereocenters. The normalized spacial score (nSPS) is 16.2. The third-order valence-electron chi connectivity index (χ3n) is 3.68. The van der Waals surface area contributed by atoms with Crippen LogP contribution in [0.2, 0.25) is 0 Å². The molecule has 1 saturated heterocycles. The summed E-state index contributed by atoms with van der Waals surface area (Å²) in [5.74, 6) is 0.127. The highest BCUT2D eigenvalue weighted by Crippen LogP contribution is 2.07. The Bertz CT molecular complexity index is 243. The molecule has 1 amide bonds. The van der Waals surface area contributed by atoms with Gasteiger partial charge in [-0.15, -0.1) is 0 Å². The van der Waals surface area contributed by atoms with Gasteiger partial charge in [-0.2, -0.15) is 0 Å². The number of amides is 1. The Balaban J connectivity index is 1.82. The van der Waals surface area contributed by atoms with E-state index in [0.29, 0.717) is 26.1 Å². The van der Waals surface area contributed by atoms with Crippen molar-refractivity contribution in [1.82, 2.24) is 10.2 Å². The minimum absolute atomic E-state index is 0.127. The summed E-state index contributed by atoms with van der Waals surface area (Å²) in [7, 11) is 0. The van der Waals surface area contributed by atoms with Crippen LogP contribution < -0.4 is 11.1 Å². The van der Waals surface area contributed by atoms with Gasteiger partial charge in [-0.05, 0) is 45.3 Å². The fourth-order valence-corrected chi connectivity index (χ4v) is 2.44. The van der Waals surface area contributed by atoms with Crippen LogP contribution in [0.1, 0.15) is 44.9 Å². The minimum atomic E-state index is 0.127. The van der Waals surface area contributed by atoms with Crippen LogP contribution in [-0.2, 0) is 9.53 Å². The van der Waals surface area contributed by atoms with Gasteiger partial charge in [0.05, 0.1) is 13.2 Å². The molecule has 0 saturated carbocycles. The molecule has 5 nitrogen and oxygen atoms in total. The van der Waals surface area contributed by atoms with Crippen molar-refractivity contribution >= 4 is 5.91 Å². The molecule has 0 bridgehead atoms. The summed E-state index contributed by atoms with van der Waals surface area (Å²) >= 11 is 0. The Labute approximate surface area is 123 Å². The highest BCUT2D eigenvalue weighted by molar-refractivity contribution is 5.75. The predicted molar refractivity (Wildman–Crippen MR) is 81.6 cm³/mol. The molecule has 3 N–H and O–H groups in total. The van der Waals surface area contributed by atoms with Crippen molar-refractivity contribution in [3.63, 3.8) is 0 Å². The van der Waals surface area contributed by atoms with E-state index in [1.54, 1.807) is 0 Å². The second kappa shape index (κ2) is 12.1. The third-order valence-corrected chi connectivity index (χ3v) is 3.68. The summed E-state index contributed by atoms with van der Waals surface area (Å²) in [6.07, 6.45) is 7.59. The Morgan fingerprint density at radius 3 is 2.65 bits per heavy atom. The molecule has 20 heavy (non-hydrogen) atoms. The van der Waals surface area contributed by atoms with E-state index >= 15 is 0 Å². The Morgan fingerprint density at radius 1 is 1.10 bits per heavy atom. The van der Waals surface area contributed by atoms with Gasteiger partial charge in [0.1, 0.15) is 0 Å². The highest BCUT2D eigenvalue weighted by Gasteiger charge is 2.08. The molecule has 1 aliphatic heterocycles. The highest BCUT2D eigenvalue weighted by atomic mass is 16.5. The minimum Gasteiger partial charge on any atom is -0.378 e. The maximum Gasteiger partial charge on any atom is 0.220 e. The van der Waals surface area contributed by atoms with Crippen LogP contribution in [0.3, 0.4) is 0 Å². The first-order valence-electron chi connectivity index (χ1n) is 8.10. The molecule has 118 valence electrons. The average molecular weight is 285 g/mol. The number of hydrogen-bond acceptors (Lipinski definition) is 4. The molecule has 0 aromatic heterocycles. The van der Waals surface area contributed by atoms with Gasteiger partial charge in [0.25, 0.3) is 0 Å². The summed E-state index contributed by atoms with van der Waals surface area (Å²) in [5.41, 5.74) is 5.41. The van der Waals surface area contributed by atoms with Crippen LogP contribution in [0.25, 0.3) is 0 Å². The molecule has 0 aliphatic carbocycles. The van der Waals surface area contributed by atoms with Crippen LogP contribution in [-0.4, -0.2) is 56.7 Å². The van der Waals surface area contributed by atoms with Gasteiger partial charge in [0.15, 0.2) is 0 Å². The van der Waals surface area contributed by atoms with Crippen molar-refractivity contribution in [3.05, 3.63) is 0 Å². The molecular weight excluding hydrogens is 254 g/mol. The second-order valence-corrected chi connectivity index (χ2v) is 5.46. The number of ether oxygens (including phenoxy) is 1. The van der Waals surface area contributed by atoms with Gasteiger partial charge in [0, 0.05) is 19.5 Å². The third kappa shape index (κ3) is 9.28. The summed E-state index contributed by atoms with van der Waals surface area (Å²) in [5, 5.41) is 2.89. The largest absolute Gasteiger partial charge is 0.378 e. The average Bonchev–Trinajstić information content (AvgIpc) is 2.48. The quantitative estimate of drug-likeness (QED) is 0.558. The zero-order valence-corrected chi connectivity index (χ0v) is 12.7. The van der Waals surface area contributed by atoms with Crippen LogP contribution in [0.4, 0.5) is 0 Å². The summed E-state index contributed by atoms with van der Waals surface area (Å²) in [6.45, 7) is 6.16. The van der Waals surface area contributed by atoms with E-state index < -0.39 is 0 Å². The van der Waals surface area contributed by atoms with Gasteiger partial charge in [-0.3, -0.25) is 4.79 Å². The number of nitrogens with one attached hydrogen (secondary N) is 1. The van der Waals surface area contributed by atoms with Crippen LogP contribution >= 0.6 is 0 Å². The first kappa shape index (κ1) is 17.4. The topological polar surface area (TPSA) is 67.6 Å². The molecular formula is C15H31N3O2. The maximum atomic E-state index is 11.5. The lowest BCUT2D eigenvalue weighted by Gasteiger charge is -2.26. The number of unbranched alkanes of at least 4 members (excludes halogenated alkanes) is 2. The van der Waals surface area contributed by atoms with Gasteiger partial charge >= 0.3 is 0 Å². The van der Waals surface area contributed by atoms with Crippen molar-refractivity contribution in [1.29, 1.82) is 0 Å². The fourth-order valence-electron chi connectivity index (χ4n) is 2.44. The van der Waals surface area contributed by atoms with Crippen LogP contribution in [0.15, 0.2) is 0 Å². The molecule has 0 aromatic carbocycles. The number of piperidine rings is 1.